The number of hydrogen-bond donors (Lipinski definition) is 2. The van der Waals surface area contributed by atoms with Crippen molar-refractivity contribution in [2.24, 2.45) is 5.92 Å². The summed E-state index contributed by atoms with van der Waals surface area (Å²) in [6.45, 7) is 0. The van der Waals surface area contributed by atoms with Gasteiger partial charge in [-0.05, 0) is 61.9 Å². The molecule has 0 spiro atoms. The van der Waals surface area contributed by atoms with E-state index in [1.54, 1.807) is 36.0 Å². The molecule has 2 N–H and O–H groups in total. The third-order valence-electron chi connectivity index (χ3n) is 4.73. The van der Waals surface area contributed by atoms with Crippen LogP contribution in [0.3, 0.4) is 0 Å². The number of carboxylic acids is 1. The summed E-state index contributed by atoms with van der Waals surface area (Å²) in [5.74, 6) is -1.53. The van der Waals surface area contributed by atoms with Crippen LogP contribution in [0.1, 0.15) is 29.6 Å². The molecule has 148 valence electrons. The Hall–Kier alpha value is -2.61. The minimum absolute atomic E-state index is 0.0987. The summed E-state index contributed by atoms with van der Waals surface area (Å²) in [4.78, 5) is 28.9. The van der Waals surface area contributed by atoms with E-state index in [-0.39, 0.29) is 24.3 Å². The molecular weight excluding hydrogens is 383 g/mol. The SMILES string of the molecule is CSc1ccc(Oc2ncccc2C(=O)NC2CCC(C(=O)O)CC2F)cc1. The number of thioether (sulfide) groups is 1. The number of benzene rings is 1. The Labute approximate surface area is 166 Å². The second-order valence-electron chi connectivity index (χ2n) is 6.58. The van der Waals surface area contributed by atoms with Crippen molar-refractivity contribution in [2.75, 3.05) is 6.26 Å². The summed E-state index contributed by atoms with van der Waals surface area (Å²) in [5.41, 5.74) is 0.198. The molecule has 1 aliphatic carbocycles. The van der Waals surface area contributed by atoms with Crippen molar-refractivity contribution in [2.45, 2.75) is 36.4 Å². The lowest BCUT2D eigenvalue weighted by molar-refractivity contribution is -0.143. The van der Waals surface area contributed by atoms with E-state index in [1.807, 2.05) is 18.4 Å². The zero-order chi connectivity index (χ0) is 20.1. The maximum absolute atomic E-state index is 14.3. The summed E-state index contributed by atoms with van der Waals surface area (Å²) in [6, 6.07) is 9.81. The monoisotopic (exact) mass is 404 g/mol. The Morgan fingerprint density at radius 3 is 2.64 bits per heavy atom. The van der Waals surface area contributed by atoms with Gasteiger partial charge < -0.3 is 15.2 Å². The second-order valence-corrected chi connectivity index (χ2v) is 7.46. The molecule has 3 atom stereocenters. The fourth-order valence-corrected chi connectivity index (χ4v) is 3.56. The number of alkyl halides is 1. The van der Waals surface area contributed by atoms with Crippen LogP contribution >= 0.6 is 11.8 Å². The van der Waals surface area contributed by atoms with E-state index in [2.05, 4.69) is 10.3 Å². The van der Waals surface area contributed by atoms with E-state index < -0.39 is 30.0 Å². The fourth-order valence-electron chi connectivity index (χ4n) is 3.15. The van der Waals surface area contributed by atoms with Gasteiger partial charge >= 0.3 is 5.97 Å². The van der Waals surface area contributed by atoms with Crippen LogP contribution in [0.5, 0.6) is 11.6 Å². The number of nitrogens with one attached hydrogen (secondary N) is 1. The highest BCUT2D eigenvalue weighted by molar-refractivity contribution is 7.98. The maximum atomic E-state index is 14.3. The van der Waals surface area contributed by atoms with Gasteiger partial charge in [0.15, 0.2) is 0 Å². The standard InChI is InChI=1S/C20H21FN2O4S/c1-28-14-7-5-13(6-8-14)27-19-15(3-2-10-22-19)18(24)23-17-9-4-12(20(25)26)11-16(17)21/h2-3,5-8,10,12,16-17H,4,9,11H2,1H3,(H,23,24)(H,25,26). The summed E-state index contributed by atoms with van der Waals surface area (Å²) in [7, 11) is 0. The van der Waals surface area contributed by atoms with Crippen molar-refractivity contribution in [1.82, 2.24) is 10.3 Å². The molecule has 3 rings (SSSR count). The number of ether oxygens (including phenoxy) is 1. The first-order valence-corrected chi connectivity index (χ1v) is 10.1. The van der Waals surface area contributed by atoms with Gasteiger partial charge in [-0.3, -0.25) is 9.59 Å². The van der Waals surface area contributed by atoms with Crippen LogP contribution < -0.4 is 10.1 Å². The first-order valence-electron chi connectivity index (χ1n) is 8.92. The number of aliphatic carboxylic acids is 1. The Morgan fingerprint density at radius 2 is 2.00 bits per heavy atom. The van der Waals surface area contributed by atoms with Crippen LogP contribution in [-0.4, -0.2) is 40.4 Å². The molecule has 1 amide bonds. The van der Waals surface area contributed by atoms with E-state index in [0.29, 0.717) is 12.2 Å². The van der Waals surface area contributed by atoms with E-state index in [4.69, 9.17) is 9.84 Å². The third kappa shape index (κ3) is 4.81. The van der Waals surface area contributed by atoms with Gasteiger partial charge in [0.2, 0.25) is 5.88 Å². The molecular formula is C20H21FN2O4S. The van der Waals surface area contributed by atoms with Gasteiger partial charge in [-0.25, -0.2) is 9.37 Å². The molecule has 1 fully saturated rings. The van der Waals surface area contributed by atoms with Crippen molar-refractivity contribution in [3.05, 3.63) is 48.2 Å². The lowest BCUT2D eigenvalue weighted by Gasteiger charge is -2.30. The molecule has 3 unspecified atom stereocenters. The number of aromatic nitrogens is 1. The Balaban J connectivity index is 1.69. The summed E-state index contributed by atoms with van der Waals surface area (Å²) in [5, 5.41) is 11.7. The minimum Gasteiger partial charge on any atom is -0.481 e. The van der Waals surface area contributed by atoms with Gasteiger partial charge in [0, 0.05) is 11.1 Å². The molecule has 28 heavy (non-hydrogen) atoms. The number of rotatable bonds is 6. The molecule has 0 aliphatic heterocycles. The summed E-state index contributed by atoms with van der Waals surface area (Å²) < 4.78 is 20.1. The number of carboxylic acid groups (broad SMARTS) is 1. The summed E-state index contributed by atoms with van der Waals surface area (Å²) in [6.07, 6.45) is 2.59. The van der Waals surface area contributed by atoms with Crippen LogP contribution in [0.25, 0.3) is 0 Å². The zero-order valence-electron chi connectivity index (χ0n) is 15.3. The highest BCUT2D eigenvalue weighted by Gasteiger charge is 2.35. The highest BCUT2D eigenvalue weighted by Crippen LogP contribution is 2.29. The first-order chi connectivity index (χ1) is 13.5. The molecule has 0 saturated heterocycles. The Bertz CT molecular complexity index is 846. The molecule has 0 radical (unpaired) electrons. The maximum Gasteiger partial charge on any atom is 0.306 e. The lowest BCUT2D eigenvalue weighted by atomic mass is 9.84. The molecule has 1 aromatic carbocycles. The van der Waals surface area contributed by atoms with E-state index in [9.17, 15) is 14.0 Å². The lowest BCUT2D eigenvalue weighted by Crippen LogP contribution is -2.46. The largest absolute Gasteiger partial charge is 0.481 e. The minimum atomic E-state index is -1.40. The van der Waals surface area contributed by atoms with Crippen LogP contribution in [0.2, 0.25) is 0 Å². The fraction of sp³-hybridized carbons (Fsp3) is 0.350. The highest BCUT2D eigenvalue weighted by atomic mass is 32.2. The molecule has 1 saturated carbocycles. The molecule has 8 heteroatoms. The number of nitrogens with zero attached hydrogens (tertiary/aromatic N) is 1. The normalized spacial score (nSPS) is 21.7. The van der Waals surface area contributed by atoms with Crippen molar-refractivity contribution in [3.63, 3.8) is 0 Å². The molecule has 2 aromatic rings. The Morgan fingerprint density at radius 1 is 1.25 bits per heavy atom. The predicted octanol–water partition coefficient (Wildman–Crippen LogP) is 3.92. The molecule has 0 bridgehead atoms. The van der Waals surface area contributed by atoms with Gasteiger partial charge in [0.05, 0.1) is 12.0 Å². The Kier molecular flexibility index (Phi) is 6.51. The zero-order valence-corrected chi connectivity index (χ0v) is 16.1. The van der Waals surface area contributed by atoms with Crippen molar-refractivity contribution in [1.29, 1.82) is 0 Å². The van der Waals surface area contributed by atoms with Crippen LogP contribution in [0.4, 0.5) is 4.39 Å². The molecule has 1 aliphatic rings. The first kappa shape index (κ1) is 20.1. The van der Waals surface area contributed by atoms with E-state index >= 15 is 0 Å². The van der Waals surface area contributed by atoms with E-state index in [0.717, 1.165) is 4.90 Å². The van der Waals surface area contributed by atoms with Crippen molar-refractivity contribution >= 4 is 23.6 Å². The van der Waals surface area contributed by atoms with Crippen molar-refractivity contribution in [3.8, 4) is 11.6 Å². The number of amides is 1. The number of halogens is 1. The van der Waals surface area contributed by atoms with Crippen molar-refractivity contribution < 1.29 is 23.8 Å². The quantitative estimate of drug-likeness (QED) is 0.710. The predicted molar refractivity (Wildman–Crippen MR) is 104 cm³/mol. The number of carbonyl (C=O) groups is 2. The van der Waals surface area contributed by atoms with Gasteiger partial charge in [0.1, 0.15) is 17.5 Å². The molecule has 6 nitrogen and oxygen atoms in total. The molecule has 1 aromatic heterocycles. The topological polar surface area (TPSA) is 88.5 Å². The van der Waals surface area contributed by atoms with Crippen LogP contribution in [-0.2, 0) is 4.79 Å². The van der Waals surface area contributed by atoms with Crippen LogP contribution in [0.15, 0.2) is 47.5 Å². The second kappa shape index (κ2) is 9.05. The number of pyridine rings is 1. The van der Waals surface area contributed by atoms with Gasteiger partial charge in [-0.15, -0.1) is 11.8 Å². The summed E-state index contributed by atoms with van der Waals surface area (Å²) >= 11 is 1.61. The number of carbonyl (C=O) groups excluding carboxylic acids is 1. The molecule has 1 heterocycles. The number of hydrogen-bond acceptors (Lipinski definition) is 5. The average molecular weight is 404 g/mol. The van der Waals surface area contributed by atoms with Crippen LogP contribution in [0, 0.1) is 5.92 Å². The average Bonchev–Trinajstić information content (AvgIpc) is 2.70. The van der Waals surface area contributed by atoms with Gasteiger partial charge in [-0.1, -0.05) is 0 Å². The van der Waals surface area contributed by atoms with E-state index in [1.165, 1.54) is 6.20 Å². The third-order valence-corrected chi connectivity index (χ3v) is 5.47. The van der Waals surface area contributed by atoms with Gasteiger partial charge in [0.25, 0.3) is 5.91 Å². The smallest absolute Gasteiger partial charge is 0.306 e. The van der Waals surface area contributed by atoms with Gasteiger partial charge in [-0.2, -0.15) is 0 Å².